The smallest absolute Gasteiger partial charge is 0.253 e. The number of amides is 1. The molecule has 1 amide bonds. The third-order valence-corrected chi connectivity index (χ3v) is 3.61. The maximum atomic E-state index is 12.1. The Hall–Kier alpha value is -2.40. The fraction of sp³-hybridized carbons (Fsp3) is 0.250. The van der Waals surface area contributed by atoms with Crippen LogP contribution in [0.25, 0.3) is 0 Å². The minimum Gasteiger partial charge on any atom is -0.368 e. The Morgan fingerprint density at radius 1 is 1.19 bits per heavy atom. The maximum absolute atomic E-state index is 12.1. The fourth-order valence-electron chi connectivity index (χ4n) is 2.48. The van der Waals surface area contributed by atoms with Crippen molar-refractivity contribution in [2.24, 2.45) is 0 Å². The lowest BCUT2D eigenvalue weighted by molar-refractivity contribution is -0.124. The first kappa shape index (κ1) is 13.6. The van der Waals surface area contributed by atoms with Gasteiger partial charge in [-0.3, -0.25) is 9.59 Å². The topological polar surface area (TPSA) is 71.2 Å². The molecule has 5 heteroatoms. The van der Waals surface area contributed by atoms with Crippen LogP contribution in [0.4, 0.5) is 5.69 Å². The number of hydrogen-bond acceptors (Lipinski definition) is 3. The molecule has 1 aromatic carbocycles. The van der Waals surface area contributed by atoms with Crippen LogP contribution in [0.15, 0.2) is 53.5 Å². The monoisotopic (exact) mass is 284 g/mol. The molecule has 0 spiro atoms. The molecule has 2 aromatic rings. The van der Waals surface area contributed by atoms with Gasteiger partial charge in [0, 0.05) is 18.2 Å². The largest absolute Gasteiger partial charge is 0.368 e. The molecule has 2 N–H and O–H groups in total. The number of carbonyl (C=O) groups is 1. The second kappa shape index (κ2) is 5.93. The summed E-state index contributed by atoms with van der Waals surface area (Å²) in [6.07, 6.45) is 1.69. The fourth-order valence-corrected chi connectivity index (χ4v) is 2.48. The van der Waals surface area contributed by atoms with E-state index in [1.807, 2.05) is 18.2 Å². The number of nitrogens with one attached hydrogen (secondary N) is 2. The highest BCUT2D eigenvalue weighted by atomic mass is 16.5. The third kappa shape index (κ3) is 3.20. The van der Waals surface area contributed by atoms with Crippen molar-refractivity contribution in [3.63, 3.8) is 0 Å². The summed E-state index contributed by atoms with van der Waals surface area (Å²) in [6.45, 7) is 0.549. The van der Waals surface area contributed by atoms with Crippen LogP contribution in [0, 0.1) is 0 Å². The van der Waals surface area contributed by atoms with Crippen molar-refractivity contribution in [1.82, 2.24) is 4.98 Å². The molecule has 21 heavy (non-hydrogen) atoms. The molecule has 2 unspecified atom stereocenters. The summed E-state index contributed by atoms with van der Waals surface area (Å²) in [6, 6.07) is 13.0. The highest BCUT2D eigenvalue weighted by Crippen LogP contribution is 2.29. The van der Waals surface area contributed by atoms with Crippen LogP contribution < -0.4 is 10.9 Å². The first-order valence-electron chi connectivity index (χ1n) is 6.88. The van der Waals surface area contributed by atoms with Gasteiger partial charge in [-0.05, 0) is 18.1 Å². The molecule has 2 heterocycles. The molecule has 3 rings (SSSR count). The molecule has 0 aliphatic carbocycles. The highest BCUT2D eigenvalue weighted by molar-refractivity contribution is 5.94. The zero-order chi connectivity index (χ0) is 14.7. The van der Waals surface area contributed by atoms with E-state index < -0.39 is 6.10 Å². The lowest BCUT2D eigenvalue weighted by Gasteiger charge is -2.10. The van der Waals surface area contributed by atoms with Gasteiger partial charge in [-0.1, -0.05) is 30.3 Å². The predicted molar refractivity (Wildman–Crippen MR) is 79.2 cm³/mol. The Bertz CT molecular complexity index is 661. The number of ether oxygens (including phenoxy) is 1. The second-order valence-corrected chi connectivity index (χ2v) is 5.10. The van der Waals surface area contributed by atoms with Crippen LogP contribution in [0.5, 0.6) is 0 Å². The van der Waals surface area contributed by atoms with Crippen LogP contribution in [-0.4, -0.2) is 23.6 Å². The summed E-state index contributed by atoms with van der Waals surface area (Å²) >= 11 is 0. The van der Waals surface area contributed by atoms with E-state index in [4.69, 9.17) is 4.74 Å². The Kier molecular flexibility index (Phi) is 3.83. The van der Waals surface area contributed by atoms with E-state index in [1.165, 1.54) is 17.8 Å². The quantitative estimate of drug-likeness (QED) is 0.904. The standard InChI is InChI=1S/C16H16N2O3/c19-15-7-6-13(9-17-15)18-16(20)14-8-12(10-21-14)11-4-2-1-3-5-11/h1-7,9,12,14H,8,10H2,(H,17,19)(H,18,20). The number of benzene rings is 1. The van der Waals surface area contributed by atoms with E-state index in [0.29, 0.717) is 18.7 Å². The number of carbonyl (C=O) groups excluding carboxylic acids is 1. The number of aromatic nitrogens is 1. The SMILES string of the molecule is O=C(Nc1ccc(=O)[nH]c1)C1CC(c2ccccc2)CO1. The first-order valence-corrected chi connectivity index (χ1v) is 6.88. The Morgan fingerprint density at radius 2 is 2.00 bits per heavy atom. The first-order chi connectivity index (χ1) is 10.2. The van der Waals surface area contributed by atoms with Crippen molar-refractivity contribution in [3.8, 4) is 0 Å². The molecule has 0 saturated carbocycles. The molecule has 1 fully saturated rings. The van der Waals surface area contributed by atoms with Crippen molar-refractivity contribution >= 4 is 11.6 Å². The molecule has 0 bridgehead atoms. The van der Waals surface area contributed by atoms with Gasteiger partial charge < -0.3 is 15.0 Å². The Labute approximate surface area is 122 Å². The number of pyridine rings is 1. The van der Waals surface area contributed by atoms with Gasteiger partial charge in [0.25, 0.3) is 5.91 Å². The number of hydrogen-bond donors (Lipinski definition) is 2. The lowest BCUT2D eigenvalue weighted by Crippen LogP contribution is -2.27. The van der Waals surface area contributed by atoms with Gasteiger partial charge >= 0.3 is 0 Å². The van der Waals surface area contributed by atoms with E-state index in [9.17, 15) is 9.59 Å². The van der Waals surface area contributed by atoms with E-state index >= 15 is 0 Å². The Morgan fingerprint density at radius 3 is 2.71 bits per heavy atom. The van der Waals surface area contributed by atoms with Crippen LogP contribution in [-0.2, 0) is 9.53 Å². The molecule has 1 aromatic heterocycles. The molecular formula is C16H16N2O3. The van der Waals surface area contributed by atoms with E-state index in [2.05, 4.69) is 22.4 Å². The van der Waals surface area contributed by atoms with Gasteiger partial charge in [0.1, 0.15) is 6.10 Å². The Balaban J connectivity index is 1.62. The van der Waals surface area contributed by atoms with Crippen molar-refractivity contribution in [2.75, 3.05) is 11.9 Å². The number of H-pyrrole nitrogens is 1. The van der Waals surface area contributed by atoms with Crippen molar-refractivity contribution in [2.45, 2.75) is 18.4 Å². The van der Waals surface area contributed by atoms with Crippen LogP contribution in [0.3, 0.4) is 0 Å². The third-order valence-electron chi connectivity index (χ3n) is 3.61. The van der Waals surface area contributed by atoms with Gasteiger partial charge in [0.15, 0.2) is 0 Å². The van der Waals surface area contributed by atoms with Gasteiger partial charge in [-0.2, -0.15) is 0 Å². The second-order valence-electron chi connectivity index (χ2n) is 5.10. The van der Waals surface area contributed by atoms with E-state index in [1.54, 1.807) is 6.07 Å². The van der Waals surface area contributed by atoms with Crippen LogP contribution >= 0.6 is 0 Å². The zero-order valence-corrected chi connectivity index (χ0v) is 11.4. The van der Waals surface area contributed by atoms with Gasteiger partial charge in [0.2, 0.25) is 5.56 Å². The maximum Gasteiger partial charge on any atom is 0.253 e. The van der Waals surface area contributed by atoms with Gasteiger partial charge in [-0.25, -0.2) is 0 Å². The predicted octanol–water partition coefficient (Wildman–Crippen LogP) is 1.89. The normalized spacial score (nSPS) is 21.1. The summed E-state index contributed by atoms with van der Waals surface area (Å²) in [5, 5.41) is 2.75. The molecule has 1 aliphatic rings. The van der Waals surface area contributed by atoms with Crippen molar-refractivity contribution in [3.05, 3.63) is 64.6 Å². The molecular weight excluding hydrogens is 268 g/mol. The molecule has 5 nitrogen and oxygen atoms in total. The van der Waals surface area contributed by atoms with Crippen molar-refractivity contribution in [1.29, 1.82) is 0 Å². The molecule has 2 atom stereocenters. The van der Waals surface area contributed by atoms with Gasteiger partial charge in [-0.15, -0.1) is 0 Å². The van der Waals surface area contributed by atoms with Crippen LogP contribution in [0.1, 0.15) is 17.9 Å². The zero-order valence-electron chi connectivity index (χ0n) is 11.4. The molecule has 108 valence electrons. The van der Waals surface area contributed by atoms with E-state index in [-0.39, 0.29) is 17.4 Å². The number of aromatic amines is 1. The van der Waals surface area contributed by atoms with Crippen LogP contribution in [0.2, 0.25) is 0 Å². The van der Waals surface area contributed by atoms with Crippen molar-refractivity contribution < 1.29 is 9.53 Å². The summed E-state index contributed by atoms with van der Waals surface area (Å²) in [5.41, 5.74) is 1.55. The van der Waals surface area contributed by atoms with Gasteiger partial charge in [0.05, 0.1) is 12.3 Å². The summed E-state index contributed by atoms with van der Waals surface area (Å²) < 4.78 is 5.59. The van der Waals surface area contributed by atoms with E-state index in [0.717, 1.165) is 0 Å². The molecule has 1 aliphatic heterocycles. The summed E-state index contributed by atoms with van der Waals surface area (Å²) in [4.78, 5) is 25.6. The lowest BCUT2D eigenvalue weighted by atomic mass is 9.96. The number of anilines is 1. The summed E-state index contributed by atoms with van der Waals surface area (Å²) in [7, 11) is 0. The average Bonchev–Trinajstić information content (AvgIpc) is 3.00. The number of rotatable bonds is 3. The molecule has 0 radical (unpaired) electrons. The average molecular weight is 284 g/mol. The molecule has 1 saturated heterocycles. The minimum atomic E-state index is -0.456. The highest BCUT2D eigenvalue weighted by Gasteiger charge is 2.31. The minimum absolute atomic E-state index is 0.180. The summed E-state index contributed by atoms with van der Waals surface area (Å²) in [5.74, 6) is 0.0676.